The van der Waals surface area contributed by atoms with E-state index in [1.54, 1.807) is 0 Å². The fourth-order valence-corrected chi connectivity index (χ4v) is 5.58. The van der Waals surface area contributed by atoms with Crippen molar-refractivity contribution in [2.75, 3.05) is 13.6 Å². The predicted octanol–water partition coefficient (Wildman–Crippen LogP) is 5.62. The van der Waals surface area contributed by atoms with Gasteiger partial charge in [-0.2, -0.15) is 5.10 Å². The van der Waals surface area contributed by atoms with Crippen LogP contribution in [-0.4, -0.2) is 39.1 Å². The second kappa shape index (κ2) is 10.3. The van der Waals surface area contributed by atoms with Gasteiger partial charge in [0.2, 0.25) is 5.91 Å². The number of aromatic nitrogens is 2. The van der Waals surface area contributed by atoms with Gasteiger partial charge in [0.1, 0.15) is 0 Å². The third-order valence-electron chi connectivity index (χ3n) is 7.27. The van der Waals surface area contributed by atoms with E-state index >= 15 is 0 Å². The number of fused-ring (bicyclic) bond motifs is 1. The molecule has 5 rings (SSSR count). The van der Waals surface area contributed by atoms with Gasteiger partial charge in [0.05, 0.1) is 23.6 Å². The average molecular weight is 477 g/mol. The maximum absolute atomic E-state index is 13.0. The van der Waals surface area contributed by atoms with Gasteiger partial charge in [0.15, 0.2) is 0 Å². The molecule has 5 nitrogen and oxygen atoms in total. The van der Waals surface area contributed by atoms with Crippen LogP contribution in [0.25, 0.3) is 5.69 Å². The van der Waals surface area contributed by atoms with Gasteiger partial charge in [-0.05, 0) is 42.5 Å². The Hall–Kier alpha value is -2.63. The van der Waals surface area contributed by atoms with Gasteiger partial charge >= 0.3 is 0 Å². The molecule has 2 heterocycles. The molecule has 1 aliphatic heterocycles. The SMILES string of the molecule is CN(Cc1nn(-c2cccc(Cl)c2)c2c1CN(Cc1ccccc1)CC2)C(=O)CC1CCCC1. The maximum Gasteiger partial charge on any atom is 0.222 e. The minimum Gasteiger partial charge on any atom is -0.340 e. The Bertz CT molecular complexity index is 1140. The summed E-state index contributed by atoms with van der Waals surface area (Å²) in [6, 6.07) is 18.5. The van der Waals surface area contributed by atoms with E-state index < -0.39 is 0 Å². The first kappa shape index (κ1) is 23.1. The molecule has 1 saturated carbocycles. The predicted molar refractivity (Wildman–Crippen MR) is 136 cm³/mol. The van der Waals surface area contributed by atoms with E-state index in [2.05, 4.69) is 35.2 Å². The Labute approximate surface area is 207 Å². The fourth-order valence-electron chi connectivity index (χ4n) is 5.40. The number of benzene rings is 2. The molecule has 2 aromatic carbocycles. The smallest absolute Gasteiger partial charge is 0.222 e. The Kier molecular flexibility index (Phi) is 7.02. The normalized spacial score (nSPS) is 16.5. The number of hydrogen-bond donors (Lipinski definition) is 0. The standard InChI is InChI=1S/C28H33ClN4O/c1-31(28(34)16-21-8-5-6-9-21)20-26-25-19-32(18-22-10-3-2-4-11-22)15-14-27(25)33(30-26)24-13-7-12-23(29)17-24/h2-4,7,10-13,17,21H,5-6,8-9,14-16,18-20H2,1H3. The number of carbonyl (C=O) groups is 1. The van der Waals surface area contributed by atoms with Crippen molar-refractivity contribution in [1.29, 1.82) is 0 Å². The van der Waals surface area contributed by atoms with Gasteiger partial charge in [-0.25, -0.2) is 4.68 Å². The average Bonchev–Trinajstić information content (AvgIpc) is 3.48. The van der Waals surface area contributed by atoms with Crippen LogP contribution in [-0.2, 0) is 30.8 Å². The zero-order chi connectivity index (χ0) is 23.5. The van der Waals surface area contributed by atoms with Crippen molar-refractivity contribution < 1.29 is 4.79 Å². The molecule has 34 heavy (non-hydrogen) atoms. The molecule has 0 saturated heterocycles. The summed E-state index contributed by atoms with van der Waals surface area (Å²) in [5.41, 5.74) is 5.78. The summed E-state index contributed by atoms with van der Waals surface area (Å²) < 4.78 is 2.05. The lowest BCUT2D eigenvalue weighted by Crippen LogP contribution is -2.32. The third-order valence-corrected chi connectivity index (χ3v) is 7.51. The number of amides is 1. The maximum atomic E-state index is 13.0. The van der Waals surface area contributed by atoms with Crippen LogP contribution in [0.15, 0.2) is 54.6 Å². The Balaban J connectivity index is 1.40. The second-order valence-corrected chi connectivity index (χ2v) is 10.3. The lowest BCUT2D eigenvalue weighted by atomic mass is 10.0. The number of hydrogen-bond acceptors (Lipinski definition) is 3. The molecule has 0 N–H and O–H groups in total. The molecule has 1 amide bonds. The van der Waals surface area contributed by atoms with Crippen LogP contribution in [0, 0.1) is 5.92 Å². The summed E-state index contributed by atoms with van der Waals surface area (Å²) in [6.07, 6.45) is 6.47. The quantitative estimate of drug-likeness (QED) is 0.444. The van der Waals surface area contributed by atoms with Gasteiger partial charge < -0.3 is 4.90 Å². The van der Waals surface area contributed by atoms with E-state index in [4.69, 9.17) is 16.7 Å². The van der Waals surface area contributed by atoms with Crippen LogP contribution >= 0.6 is 11.6 Å². The zero-order valence-corrected chi connectivity index (χ0v) is 20.7. The Morgan fingerprint density at radius 1 is 1.12 bits per heavy atom. The highest BCUT2D eigenvalue weighted by Crippen LogP contribution is 2.30. The number of halogens is 1. The Morgan fingerprint density at radius 3 is 2.68 bits per heavy atom. The first-order chi connectivity index (χ1) is 16.6. The molecule has 1 fully saturated rings. The first-order valence-electron chi connectivity index (χ1n) is 12.4. The van der Waals surface area contributed by atoms with Gasteiger partial charge in [0, 0.05) is 50.1 Å². The molecule has 1 aliphatic carbocycles. The summed E-state index contributed by atoms with van der Waals surface area (Å²) in [5, 5.41) is 5.74. The van der Waals surface area contributed by atoms with Crippen LogP contribution in [0.4, 0.5) is 0 Å². The molecule has 0 spiro atoms. The number of carbonyl (C=O) groups excluding carboxylic acids is 1. The number of rotatable bonds is 7. The lowest BCUT2D eigenvalue weighted by Gasteiger charge is -2.28. The van der Waals surface area contributed by atoms with Crippen LogP contribution in [0.1, 0.15) is 54.6 Å². The number of nitrogens with zero attached hydrogens (tertiary/aromatic N) is 4. The van der Waals surface area contributed by atoms with Crippen molar-refractivity contribution in [3.63, 3.8) is 0 Å². The topological polar surface area (TPSA) is 41.4 Å². The van der Waals surface area contributed by atoms with Gasteiger partial charge in [-0.3, -0.25) is 9.69 Å². The summed E-state index contributed by atoms with van der Waals surface area (Å²) in [5.74, 6) is 0.782. The van der Waals surface area contributed by atoms with E-state index in [-0.39, 0.29) is 5.91 Å². The highest BCUT2D eigenvalue weighted by Gasteiger charge is 2.28. The van der Waals surface area contributed by atoms with E-state index in [9.17, 15) is 4.79 Å². The van der Waals surface area contributed by atoms with Gasteiger partial charge in [-0.15, -0.1) is 0 Å². The van der Waals surface area contributed by atoms with Crippen LogP contribution in [0.3, 0.4) is 0 Å². The minimum atomic E-state index is 0.231. The summed E-state index contributed by atoms with van der Waals surface area (Å²) in [7, 11) is 1.92. The van der Waals surface area contributed by atoms with Crippen molar-refractivity contribution in [3.8, 4) is 5.69 Å². The van der Waals surface area contributed by atoms with Crippen molar-refractivity contribution in [2.24, 2.45) is 5.92 Å². The van der Waals surface area contributed by atoms with Crippen molar-refractivity contribution in [1.82, 2.24) is 19.6 Å². The van der Waals surface area contributed by atoms with Crippen molar-refractivity contribution in [3.05, 3.63) is 82.1 Å². The van der Waals surface area contributed by atoms with E-state index in [0.29, 0.717) is 23.9 Å². The summed E-state index contributed by atoms with van der Waals surface area (Å²) >= 11 is 6.30. The molecule has 2 aliphatic rings. The van der Waals surface area contributed by atoms with Crippen molar-refractivity contribution in [2.45, 2.75) is 58.2 Å². The molecular weight excluding hydrogens is 444 g/mol. The van der Waals surface area contributed by atoms with Crippen LogP contribution in [0.5, 0.6) is 0 Å². The molecule has 1 aromatic heterocycles. The molecule has 6 heteroatoms. The van der Waals surface area contributed by atoms with Crippen molar-refractivity contribution >= 4 is 17.5 Å². The molecule has 0 unspecified atom stereocenters. The largest absolute Gasteiger partial charge is 0.340 e. The highest BCUT2D eigenvalue weighted by atomic mass is 35.5. The second-order valence-electron chi connectivity index (χ2n) is 9.81. The third kappa shape index (κ3) is 5.21. The molecule has 0 radical (unpaired) electrons. The minimum absolute atomic E-state index is 0.231. The van der Waals surface area contributed by atoms with E-state index in [1.807, 2.05) is 40.9 Å². The monoisotopic (exact) mass is 476 g/mol. The first-order valence-corrected chi connectivity index (χ1v) is 12.8. The molecule has 3 aromatic rings. The Morgan fingerprint density at radius 2 is 1.91 bits per heavy atom. The molecular formula is C28H33ClN4O. The summed E-state index contributed by atoms with van der Waals surface area (Å²) in [6.45, 7) is 3.27. The summed E-state index contributed by atoms with van der Waals surface area (Å²) in [4.78, 5) is 17.3. The van der Waals surface area contributed by atoms with Gasteiger partial charge in [-0.1, -0.05) is 60.8 Å². The van der Waals surface area contributed by atoms with Gasteiger partial charge in [0.25, 0.3) is 0 Å². The zero-order valence-electron chi connectivity index (χ0n) is 19.9. The van der Waals surface area contributed by atoms with E-state index in [0.717, 1.165) is 37.4 Å². The molecule has 178 valence electrons. The molecule has 0 bridgehead atoms. The van der Waals surface area contributed by atoms with Crippen LogP contribution < -0.4 is 0 Å². The molecule has 0 atom stereocenters. The van der Waals surface area contributed by atoms with E-state index in [1.165, 1.54) is 42.5 Å². The highest BCUT2D eigenvalue weighted by molar-refractivity contribution is 6.30. The lowest BCUT2D eigenvalue weighted by molar-refractivity contribution is -0.131. The fraction of sp³-hybridized carbons (Fsp3) is 0.429. The van der Waals surface area contributed by atoms with Crippen LogP contribution in [0.2, 0.25) is 5.02 Å².